The van der Waals surface area contributed by atoms with Gasteiger partial charge in [0.1, 0.15) is 5.82 Å². The van der Waals surface area contributed by atoms with E-state index in [1.165, 1.54) is 0 Å². The minimum atomic E-state index is -4.96. The van der Waals surface area contributed by atoms with Gasteiger partial charge in [-0.3, -0.25) is 4.72 Å². The van der Waals surface area contributed by atoms with Crippen LogP contribution in [0.5, 0.6) is 0 Å². The average molecular weight is 389 g/mol. The maximum absolute atomic E-state index is 13.9. The quantitative estimate of drug-likeness (QED) is 0.696. The number of fused-ring (bicyclic) bond motifs is 1. The first-order valence-corrected chi connectivity index (χ1v) is 8.57. The van der Waals surface area contributed by atoms with E-state index in [-0.39, 0.29) is 5.78 Å². The molecule has 138 valence electrons. The van der Waals surface area contributed by atoms with Gasteiger partial charge in [-0.05, 0) is 32.0 Å². The van der Waals surface area contributed by atoms with Crippen LogP contribution in [0, 0.1) is 19.7 Å². The molecule has 3 rings (SSSR count). The number of benzene rings is 1. The second kappa shape index (κ2) is 5.90. The Morgan fingerprint density at radius 3 is 2.50 bits per heavy atom. The van der Waals surface area contributed by atoms with Gasteiger partial charge in [0, 0.05) is 11.4 Å². The van der Waals surface area contributed by atoms with Gasteiger partial charge in [-0.1, -0.05) is 6.07 Å². The van der Waals surface area contributed by atoms with Crippen molar-refractivity contribution in [3.63, 3.8) is 0 Å². The predicted octanol–water partition coefficient (Wildman–Crippen LogP) is 2.70. The van der Waals surface area contributed by atoms with Gasteiger partial charge in [0.05, 0.1) is 11.3 Å². The van der Waals surface area contributed by atoms with Crippen LogP contribution in [-0.2, 0) is 16.2 Å². The monoisotopic (exact) mass is 389 g/mol. The zero-order valence-corrected chi connectivity index (χ0v) is 14.2. The topological polar surface area (TPSA) is 89.3 Å². The van der Waals surface area contributed by atoms with E-state index < -0.39 is 38.4 Å². The Hall–Kier alpha value is -2.76. The highest BCUT2D eigenvalue weighted by Gasteiger charge is 2.36. The lowest BCUT2D eigenvalue weighted by molar-refractivity contribution is -0.137. The van der Waals surface area contributed by atoms with Crippen molar-refractivity contribution >= 4 is 21.5 Å². The third kappa shape index (κ3) is 3.19. The van der Waals surface area contributed by atoms with Gasteiger partial charge < -0.3 is 0 Å². The molecule has 0 aliphatic carbocycles. The molecule has 7 nitrogen and oxygen atoms in total. The van der Waals surface area contributed by atoms with Crippen LogP contribution in [0.2, 0.25) is 0 Å². The van der Waals surface area contributed by atoms with Crippen molar-refractivity contribution in [3.05, 3.63) is 47.0 Å². The zero-order chi connectivity index (χ0) is 19.3. The van der Waals surface area contributed by atoms with E-state index in [1.54, 1.807) is 24.6 Å². The first kappa shape index (κ1) is 18.0. The molecule has 3 aromatic rings. The summed E-state index contributed by atoms with van der Waals surface area (Å²) in [4.78, 5) is 7.71. The van der Waals surface area contributed by atoms with E-state index >= 15 is 0 Å². The highest BCUT2D eigenvalue weighted by molar-refractivity contribution is 7.92. The Morgan fingerprint density at radius 2 is 1.85 bits per heavy atom. The van der Waals surface area contributed by atoms with E-state index in [9.17, 15) is 26.0 Å². The number of alkyl halides is 3. The Bertz CT molecular complexity index is 1110. The Labute approximate surface area is 144 Å². The Kier molecular flexibility index (Phi) is 4.09. The summed E-state index contributed by atoms with van der Waals surface area (Å²) in [6.45, 7) is 3.28. The van der Waals surface area contributed by atoms with E-state index in [0.29, 0.717) is 23.5 Å². The van der Waals surface area contributed by atoms with E-state index in [2.05, 4.69) is 15.1 Å². The molecule has 0 radical (unpaired) electrons. The summed E-state index contributed by atoms with van der Waals surface area (Å²) in [6.07, 6.45) is -4.96. The van der Waals surface area contributed by atoms with Gasteiger partial charge in [-0.25, -0.2) is 13.9 Å². The number of aromatic nitrogens is 4. The third-order valence-corrected chi connectivity index (χ3v) is 4.52. The minimum Gasteiger partial charge on any atom is -0.273 e. The zero-order valence-electron chi connectivity index (χ0n) is 13.3. The van der Waals surface area contributed by atoms with Crippen molar-refractivity contribution in [2.45, 2.75) is 25.2 Å². The largest absolute Gasteiger partial charge is 0.418 e. The van der Waals surface area contributed by atoms with Gasteiger partial charge in [-0.2, -0.15) is 26.6 Å². The standard InChI is InChI=1S/C14H11F4N5O2S/c1-7-6-8(2)23-12(19-7)20-13(21-23)26(24,25)22-11-9(14(16,17)18)4-3-5-10(11)15/h3-6,22H,1-2H3. The summed E-state index contributed by atoms with van der Waals surface area (Å²) in [5.74, 6) is -1.43. The minimum absolute atomic E-state index is 0.0487. The van der Waals surface area contributed by atoms with Crippen LogP contribution in [0.4, 0.5) is 23.2 Å². The van der Waals surface area contributed by atoms with Crippen molar-refractivity contribution in [2.75, 3.05) is 4.72 Å². The molecule has 0 spiro atoms. The van der Waals surface area contributed by atoms with Crippen molar-refractivity contribution in [1.29, 1.82) is 0 Å². The summed E-state index contributed by atoms with van der Waals surface area (Å²) in [6, 6.07) is 3.71. The molecule has 0 aliphatic heterocycles. The molecule has 2 heterocycles. The number of hydrogen-bond donors (Lipinski definition) is 1. The van der Waals surface area contributed by atoms with Crippen LogP contribution < -0.4 is 4.72 Å². The fraction of sp³-hybridized carbons (Fsp3) is 0.214. The number of hydrogen-bond acceptors (Lipinski definition) is 5. The number of sulfonamides is 1. The first-order valence-electron chi connectivity index (χ1n) is 7.08. The average Bonchev–Trinajstić information content (AvgIpc) is 2.93. The van der Waals surface area contributed by atoms with Crippen LogP contribution in [0.15, 0.2) is 29.4 Å². The molecule has 0 aliphatic rings. The lowest BCUT2D eigenvalue weighted by Crippen LogP contribution is -2.19. The van der Waals surface area contributed by atoms with Crippen LogP contribution >= 0.6 is 0 Å². The van der Waals surface area contributed by atoms with Gasteiger partial charge in [0.2, 0.25) is 0 Å². The second-order valence-corrected chi connectivity index (χ2v) is 6.99. The normalized spacial score (nSPS) is 12.5. The summed E-state index contributed by atoms with van der Waals surface area (Å²) in [5.41, 5.74) is -1.62. The fourth-order valence-corrected chi connectivity index (χ4v) is 3.26. The molecule has 0 amide bonds. The van der Waals surface area contributed by atoms with Gasteiger partial charge in [0.25, 0.3) is 21.0 Å². The van der Waals surface area contributed by atoms with Crippen molar-refractivity contribution < 1.29 is 26.0 Å². The molecule has 0 saturated heterocycles. The molecular weight excluding hydrogens is 378 g/mol. The molecule has 0 atom stereocenters. The first-order chi connectivity index (χ1) is 12.0. The predicted molar refractivity (Wildman–Crippen MR) is 82.5 cm³/mol. The Balaban J connectivity index is 2.10. The Morgan fingerprint density at radius 1 is 1.15 bits per heavy atom. The number of nitrogens with zero attached hydrogens (tertiary/aromatic N) is 4. The van der Waals surface area contributed by atoms with Crippen LogP contribution in [0.3, 0.4) is 0 Å². The number of halogens is 4. The van der Waals surface area contributed by atoms with Crippen LogP contribution in [0.1, 0.15) is 17.0 Å². The number of nitrogens with one attached hydrogen (secondary N) is 1. The van der Waals surface area contributed by atoms with E-state index in [1.807, 2.05) is 0 Å². The maximum atomic E-state index is 13.9. The third-order valence-electron chi connectivity index (χ3n) is 3.39. The number of anilines is 1. The van der Waals surface area contributed by atoms with Crippen molar-refractivity contribution in [2.24, 2.45) is 0 Å². The summed E-state index contributed by atoms with van der Waals surface area (Å²) in [7, 11) is -4.68. The number of para-hydroxylation sites is 1. The van der Waals surface area contributed by atoms with Gasteiger partial charge in [-0.15, -0.1) is 5.10 Å². The molecule has 0 saturated carbocycles. The molecule has 0 bridgehead atoms. The molecular formula is C14H11F4N5O2S. The molecule has 26 heavy (non-hydrogen) atoms. The van der Waals surface area contributed by atoms with Crippen molar-refractivity contribution in [1.82, 2.24) is 19.6 Å². The van der Waals surface area contributed by atoms with Gasteiger partial charge >= 0.3 is 6.18 Å². The molecule has 1 aromatic carbocycles. The lowest BCUT2D eigenvalue weighted by Gasteiger charge is -2.14. The molecule has 2 aromatic heterocycles. The van der Waals surface area contributed by atoms with E-state index in [4.69, 9.17) is 0 Å². The fourth-order valence-electron chi connectivity index (χ4n) is 2.31. The SMILES string of the molecule is Cc1cc(C)n2nc(S(=O)(=O)Nc3c(F)cccc3C(F)(F)F)nc2n1. The molecule has 1 N–H and O–H groups in total. The maximum Gasteiger partial charge on any atom is 0.418 e. The number of rotatable bonds is 3. The number of aryl methyl sites for hydroxylation is 2. The van der Waals surface area contributed by atoms with Crippen LogP contribution in [0.25, 0.3) is 5.78 Å². The summed E-state index contributed by atoms with van der Waals surface area (Å²) >= 11 is 0. The molecule has 0 fully saturated rings. The van der Waals surface area contributed by atoms with Gasteiger partial charge in [0.15, 0.2) is 0 Å². The lowest BCUT2D eigenvalue weighted by atomic mass is 10.1. The smallest absolute Gasteiger partial charge is 0.273 e. The molecule has 12 heteroatoms. The summed E-state index contributed by atoms with van der Waals surface area (Å²) < 4.78 is 80.4. The summed E-state index contributed by atoms with van der Waals surface area (Å²) in [5, 5.41) is 2.91. The molecule has 0 unspecified atom stereocenters. The highest BCUT2D eigenvalue weighted by Crippen LogP contribution is 2.36. The van der Waals surface area contributed by atoms with Crippen LogP contribution in [-0.4, -0.2) is 28.0 Å². The van der Waals surface area contributed by atoms with Crippen molar-refractivity contribution in [3.8, 4) is 0 Å². The van der Waals surface area contributed by atoms with E-state index in [0.717, 1.165) is 10.6 Å². The highest BCUT2D eigenvalue weighted by atomic mass is 32.2. The second-order valence-electron chi connectivity index (χ2n) is 5.41.